The fourth-order valence-corrected chi connectivity index (χ4v) is 5.11. The van der Waals surface area contributed by atoms with Crippen LogP contribution < -0.4 is 0 Å². The van der Waals surface area contributed by atoms with Crippen molar-refractivity contribution >= 4 is 0 Å². The molecule has 2 aliphatic rings. The molecule has 152 valence electrons. The molecule has 2 saturated carbocycles. The second-order valence-corrected chi connectivity index (χ2v) is 9.21. The summed E-state index contributed by atoms with van der Waals surface area (Å²) < 4.78 is 1.87. The Labute approximate surface area is 164 Å². The van der Waals surface area contributed by atoms with Crippen LogP contribution in [0, 0.1) is 0 Å². The Balaban J connectivity index is 1.86. The van der Waals surface area contributed by atoms with Crippen LogP contribution in [-0.4, -0.2) is 16.8 Å². The molecule has 2 rings (SSSR count). The van der Waals surface area contributed by atoms with Crippen LogP contribution in [0.4, 0.5) is 0 Å². The maximum absolute atomic E-state index is 11.1. The van der Waals surface area contributed by atoms with E-state index in [1.807, 2.05) is 4.70 Å². The van der Waals surface area contributed by atoms with E-state index in [0.29, 0.717) is 12.1 Å². The van der Waals surface area contributed by atoms with E-state index >= 15 is 0 Å². The lowest BCUT2D eigenvalue weighted by atomic mass is 9.94. The molecule has 0 N–H and O–H groups in total. The van der Waals surface area contributed by atoms with Crippen molar-refractivity contribution in [2.24, 2.45) is 0 Å². The Kier molecular flexibility index (Phi) is 12.3. The monoisotopic (exact) mass is 362 g/mol. The van der Waals surface area contributed by atoms with Gasteiger partial charge in [0.1, 0.15) is 12.1 Å². The van der Waals surface area contributed by atoms with Gasteiger partial charge in [-0.2, -0.15) is 0 Å². The van der Waals surface area contributed by atoms with Gasteiger partial charge in [0.2, 0.25) is 0 Å². The van der Waals surface area contributed by atoms with E-state index in [0.717, 1.165) is 0 Å². The van der Waals surface area contributed by atoms with Gasteiger partial charge in [0.15, 0.2) is 0 Å². The molecule has 0 atom stereocenters. The zero-order valence-corrected chi connectivity index (χ0v) is 17.6. The van der Waals surface area contributed by atoms with Crippen LogP contribution in [0.2, 0.25) is 0 Å². The molecule has 0 spiro atoms. The number of rotatable bonds is 2. The van der Waals surface area contributed by atoms with Crippen molar-refractivity contribution in [3.05, 3.63) is 5.53 Å². The highest BCUT2D eigenvalue weighted by Crippen LogP contribution is 2.24. The molecule has 0 saturated heterocycles. The Bertz CT molecular complexity index is 296. The predicted octanol–water partition coefficient (Wildman–Crippen LogP) is 8.37. The van der Waals surface area contributed by atoms with Gasteiger partial charge >= 0.3 is 0 Å². The van der Waals surface area contributed by atoms with Crippen molar-refractivity contribution < 1.29 is 4.70 Å². The molecule has 2 nitrogen and oxygen atoms in total. The zero-order valence-electron chi connectivity index (χ0n) is 17.6. The quantitative estimate of drug-likeness (QED) is 0.348. The normalized spacial score (nSPS) is 25.2. The van der Waals surface area contributed by atoms with Crippen LogP contribution in [0.3, 0.4) is 0 Å². The molecule has 2 aliphatic carbocycles. The number of hydrogen-bond acceptors (Lipinski definition) is 0. The fraction of sp³-hybridized carbons (Fsp3) is 1.00. The van der Waals surface area contributed by atoms with Gasteiger partial charge in [-0.15, -0.1) is 0 Å². The SMILES string of the molecule is [N-]=[N+](C1CCCCCCCCCCC1)C1CCCCCCCCCCC1. The van der Waals surface area contributed by atoms with Crippen LogP contribution >= 0.6 is 0 Å². The average molecular weight is 363 g/mol. The van der Waals surface area contributed by atoms with Gasteiger partial charge in [0, 0.05) is 25.7 Å². The molecule has 0 amide bonds. The highest BCUT2D eigenvalue weighted by Gasteiger charge is 2.24. The maximum Gasteiger partial charge on any atom is 0.141 e. The topological polar surface area (TPSA) is 25.3 Å². The first-order valence-electron chi connectivity index (χ1n) is 12.3. The van der Waals surface area contributed by atoms with E-state index in [9.17, 15) is 5.53 Å². The molecule has 0 bridgehead atoms. The summed E-state index contributed by atoms with van der Waals surface area (Å²) in [4.78, 5) is 0. The standard InChI is InChI=1S/C24H46N2/c25-26(23-19-15-11-7-3-1-4-8-12-16-20-23)24-21-17-13-9-5-2-6-10-14-18-22-24/h23-24H,1-22H2. The fourth-order valence-electron chi connectivity index (χ4n) is 5.11. The van der Waals surface area contributed by atoms with Gasteiger partial charge in [-0.05, 0) is 25.7 Å². The summed E-state index contributed by atoms with van der Waals surface area (Å²) in [5, 5.41) is 0. The van der Waals surface area contributed by atoms with Crippen molar-refractivity contribution in [3.8, 4) is 0 Å². The third-order valence-corrected chi connectivity index (χ3v) is 6.90. The molecular weight excluding hydrogens is 316 g/mol. The molecule has 0 heterocycles. The Hall–Kier alpha value is -0.400. The lowest BCUT2D eigenvalue weighted by Crippen LogP contribution is -2.33. The van der Waals surface area contributed by atoms with E-state index in [2.05, 4.69) is 0 Å². The first-order chi connectivity index (χ1) is 12.9. The Morgan fingerprint density at radius 2 is 0.538 bits per heavy atom. The minimum absolute atomic E-state index is 0.423. The summed E-state index contributed by atoms with van der Waals surface area (Å²) in [6.07, 6.45) is 29.8. The van der Waals surface area contributed by atoms with Gasteiger partial charge < -0.3 is 10.2 Å². The predicted molar refractivity (Wildman–Crippen MR) is 113 cm³/mol. The number of nitrogens with zero attached hydrogens (tertiary/aromatic N) is 2. The van der Waals surface area contributed by atoms with Gasteiger partial charge in [-0.25, -0.2) is 0 Å². The molecule has 26 heavy (non-hydrogen) atoms. The van der Waals surface area contributed by atoms with Crippen molar-refractivity contribution in [1.29, 1.82) is 0 Å². The van der Waals surface area contributed by atoms with E-state index in [1.165, 1.54) is 141 Å². The molecular formula is C24H46N2. The first-order valence-corrected chi connectivity index (χ1v) is 12.3. The number of hydrogen-bond donors (Lipinski definition) is 0. The van der Waals surface area contributed by atoms with Gasteiger partial charge in [0.05, 0.1) is 0 Å². The van der Waals surface area contributed by atoms with Crippen LogP contribution in [0.25, 0.3) is 5.53 Å². The largest absolute Gasteiger partial charge is 0.506 e. The van der Waals surface area contributed by atoms with E-state index < -0.39 is 0 Å². The van der Waals surface area contributed by atoms with E-state index in [1.54, 1.807) is 0 Å². The summed E-state index contributed by atoms with van der Waals surface area (Å²) in [7, 11) is 0. The highest BCUT2D eigenvalue weighted by atomic mass is 15.2. The molecule has 0 aromatic carbocycles. The van der Waals surface area contributed by atoms with E-state index in [-0.39, 0.29) is 0 Å². The second kappa shape index (κ2) is 14.6. The maximum atomic E-state index is 11.1. The third kappa shape index (κ3) is 9.51. The molecule has 2 heteroatoms. The summed E-state index contributed by atoms with van der Waals surface area (Å²) >= 11 is 0. The smallest absolute Gasteiger partial charge is 0.141 e. The Morgan fingerprint density at radius 3 is 0.769 bits per heavy atom. The Morgan fingerprint density at radius 1 is 0.346 bits per heavy atom. The van der Waals surface area contributed by atoms with Crippen LogP contribution in [0.5, 0.6) is 0 Å². The lowest BCUT2D eigenvalue weighted by Gasteiger charge is -2.27. The second-order valence-electron chi connectivity index (χ2n) is 9.21. The van der Waals surface area contributed by atoms with Crippen molar-refractivity contribution in [2.75, 3.05) is 0 Å². The first kappa shape index (κ1) is 21.9. The van der Waals surface area contributed by atoms with Gasteiger partial charge in [0.25, 0.3) is 0 Å². The van der Waals surface area contributed by atoms with Gasteiger partial charge in [-0.1, -0.05) is 89.9 Å². The zero-order chi connectivity index (χ0) is 18.3. The van der Waals surface area contributed by atoms with Crippen LogP contribution in [0.15, 0.2) is 0 Å². The molecule has 0 unspecified atom stereocenters. The third-order valence-electron chi connectivity index (χ3n) is 6.90. The highest BCUT2D eigenvalue weighted by molar-refractivity contribution is 4.66. The van der Waals surface area contributed by atoms with Crippen molar-refractivity contribution in [3.63, 3.8) is 0 Å². The lowest BCUT2D eigenvalue weighted by molar-refractivity contribution is -0.624. The van der Waals surface area contributed by atoms with Crippen LogP contribution in [0.1, 0.15) is 141 Å². The molecule has 2 fully saturated rings. The summed E-state index contributed by atoms with van der Waals surface area (Å²) in [5.41, 5.74) is 11.1. The van der Waals surface area contributed by atoms with Crippen molar-refractivity contribution in [1.82, 2.24) is 0 Å². The molecule has 0 radical (unpaired) electrons. The van der Waals surface area contributed by atoms with Crippen molar-refractivity contribution in [2.45, 2.75) is 153 Å². The summed E-state index contributed by atoms with van der Waals surface area (Å²) in [5.74, 6) is 0. The van der Waals surface area contributed by atoms with Gasteiger partial charge in [-0.3, -0.25) is 0 Å². The summed E-state index contributed by atoms with van der Waals surface area (Å²) in [6.45, 7) is 0. The van der Waals surface area contributed by atoms with E-state index in [4.69, 9.17) is 0 Å². The average Bonchev–Trinajstić information content (AvgIpc) is 2.62. The molecule has 0 aromatic rings. The minimum Gasteiger partial charge on any atom is -0.506 e. The molecule has 0 aromatic heterocycles. The minimum atomic E-state index is 0.423. The molecule has 0 aliphatic heterocycles. The van der Waals surface area contributed by atoms with Crippen LogP contribution in [-0.2, 0) is 0 Å². The summed E-state index contributed by atoms with van der Waals surface area (Å²) in [6, 6.07) is 0.847.